The van der Waals surface area contributed by atoms with Crippen LogP contribution in [0.3, 0.4) is 0 Å². The summed E-state index contributed by atoms with van der Waals surface area (Å²) in [6.07, 6.45) is 4.16. The van der Waals surface area contributed by atoms with Gasteiger partial charge in [0.05, 0.1) is 23.1 Å². The van der Waals surface area contributed by atoms with Crippen molar-refractivity contribution in [3.05, 3.63) is 39.7 Å². The minimum absolute atomic E-state index is 0. The third-order valence-corrected chi connectivity index (χ3v) is 4.05. The molecule has 0 heterocycles. The number of nitrogens with zero attached hydrogens (tertiary/aromatic N) is 1. The molecule has 0 saturated heterocycles. The van der Waals surface area contributed by atoms with Gasteiger partial charge in [-0.15, -0.1) is 12.4 Å². The Bertz CT molecular complexity index is 495. The molecule has 118 valence electrons. The van der Waals surface area contributed by atoms with Crippen molar-refractivity contribution in [2.24, 2.45) is 11.7 Å². The van der Waals surface area contributed by atoms with Crippen LogP contribution in [0.5, 0.6) is 0 Å². The molecule has 21 heavy (non-hydrogen) atoms. The highest BCUT2D eigenvalue weighted by Gasteiger charge is 2.31. The topological polar surface area (TPSA) is 89.4 Å². The van der Waals surface area contributed by atoms with Gasteiger partial charge in [0.25, 0.3) is 5.69 Å². The van der Waals surface area contributed by atoms with Gasteiger partial charge in [-0.1, -0.05) is 19.3 Å². The van der Waals surface area contributed by atoms with E-state index in [0.29, 0.717) is 0 Å². The average Bonchev–Trinajstić information content (AvgIpc) is 2.46. The fourth-order valence-electron chi connectivity index (χ4n) is 2.91. The van der Waals surface area contributed by atoms with Gasteiger partial charge < -0.3 is 10.8 Å². The number of nitro groups is 1. The number of benzene rings is 1. The van der Waals surface area contributed by atoms with Crippen LogP contribution in [0.25, 0.3) is 0 Å². The molecule has 1 aromatic rings. The molecule has 0 unspecified atom stereocenters. The summed E-state index contributed by atoms with van der Waals surface area (Å²) in [7, 11) is 0. The summed E-state index contributed by atoms with van der Waals surface area (Å²) in [5.41, 5.74) is 5.80. The monoisotopic (exact) mass is 318 g/mol. The zero-order valence-electron chi connectivity index (χ0n) is 11.6. The zero-order chi connectivity index (χ0) is 14.7. The molecule has 1 aliphatic carbocycles. The van der Waals surface area contributed by atoms with Gasteiger partial charge in [-0.2, -0.15) is 0 Å². The minimum atomic E-state index is -0.862. The van der Waals surface area contributed by atoms with Crippen molar-refractivity contribution in [3.63, 3.8) is 0 Å². The Morgan fingerprint density at radius 2 is 1.95 bits per heavy atom. The first kappa shape index (κ1) is 17.8. The van der Waals surface area contributed by atoms with E-state index in [4.69, 9.17) is 5.73 Å². The van der Waals surface area contributed by atoms with E-state index in [-0.39, 0.29) is 29.6 Å². The second-order valence-corrected chi connectivity index (χ2v) is 5.37. The normalized spacial score (nSPS) is 18.6. The van der Waals surface area contributed by atoms with E-state index in [1.165, 1.54) is 6.07 Å². The van der Waals surface area contributed by atoms with E-state index in [9.17, 15) is 19.6 Å². The third-order valence-electron chi connectivity index (χ3n) is 4.05. The van der Waals surface area contributed by atoms with E-state index in [0.717, 1.165) is 44.2 Å². The SMILES string of the molecule is Cl.N[C@H](c1ccc(F)cc1[N+](=O)[O-])[C@@H](O)C1CCCCC1. The van der Waals surface area contributed by atoms with Crippen molar-refractivity contribution in [1.82, 2.24) is 0 Å². The predicted octanol–water partition coefficient (Wildman–Crippen LogP) is 3.10. The molecule has 1 fully saturated rings. The lowest BCUT2D eigenvalue weighted by atomic mass is 9.81. The number of nitrogens with two attached hydrogens (primary N) is 1. The molecule has 0 spiro atoms. The molecule has 0 aliphatic heterocycles. The van der Waals surface area contributed by atoms with Crippen molar-refractivity contribution in [3.8, 4) is 0 Å². The second-order valence-electron chi connectivity index (χ2n) is 5.37. The van der Waals surface area contributed by atoms with Crippen LogP contribution in [-0.2, 0) is 0 Å². The number of aliphatic hydroxyl groups excluding tert-OH is 1. The lowest BCUT2D eigenvalue weighted by Gasteiger charge is -2.30. The van der Waals surface area contributed by atoms with Gasteiger partial charge in [-0.3, -0.25) is 10.1 Å². The Kier molecular flexibility index (Phi) is 6.51. The lowest BCUT2D eigenvalue weighted by molar-refractivity contribution is -0.386. The number of rotatable bonds is 4. The Morgan fingerprint density at radius 1 is 1.33 bits per heavy atom. The van der Waals surface area contributed by atoms with Crippen LogP contribution < -0.4 is 5.73 Å². The Morgan fingerprint density at radius 3 is 2.52 bits per heavy atom. The summed E-state index contributed by atoms with van der Waals surface area (Å²) in [6.45, 7) is 0. The van der Waals surface area contributed by atoms with E-state index in [2.05, 4.69) is 0 Å². The van der Waals surface area contributed by atoms with Crippen LogP contribution in [0.1, 0.15) is 43.7 Å². The highest BCUT2D eigenvalue weighted by atomic mass is 35.5. The van der Waals surface area contributed by atoms with Gasteiger partial charge in [-0.05, 0) is 30.9 Å². The molecule has 2 rings (SSSR count). The first-order chi connectivity index (χ1) is 9.50. The van der Waals surface area contributed by atoms with Gasteiger partial charge in [0.15, 0.2) is 0 Å². The fraction of sp³-hybridized carbons (Fsp3) is 0.571. The summed E-state index contributed by atoms with van der Waals surface area (Å²) >= 11 is 0. The van der Waals surface area contributed by atoms with Crippen molar-refractivity contribution in [1.29, 1.82) is 0 Å². The number of nitro benzene ring substituents is 1. The quantitative estimate of drug-likeness (QED) is 0.659. The zero-order valence-corrected chi connectivity index (χ0v) is 12.4. The molecule has 0 bridgehead atoms. The van der Waals surface area contributed by atoms with Crippen LogP contribution in [0, 0.1) is 21.8 Å². The first-order valence-electron chi connectivity index (χ1n) is 6.88. The maximum absolute atomic E-state index is 13.1. The minimum Gasteiger partial charge on any atom is -0.391 e. The summed E-state index contributed by atoms with van der Waals surface area (Å²) in [6, 6.07) is 2.42. The third kappa shape index (κ3) is 4.12. The van der Waals surface area contributed by atoms with Gasteiger partial charge >= 0.3 is 0 Å². The highest BCUT2D eigenvalue weighted by molar-refractivity contribution is 5.85. The Labute approximate surface area is 128 Å². The number of aliphatic hydroxyl groups is 1. The first-order valence-corrected chi connectivity index (χ1v) is 6.88. The molecule has 3 N–H and O–H groups in total. The molecular formula is C14H20ClFN2O3. The molecule has 1 aliphatic rings. The number of halogens is 2. The van der Waals surface area contributed by atoms with E-state index < -0.39 is 22.9 Å². The standard InChI is InChI=1S/C14H19FN2O3.ClH/c15-10-6-7-11(12(8-10)17(19)20)13(16)14(18)9-4-2-1-3-5-9;/h6-9,13-14,18H,1-5,16H2;1H/t13-,14+;/m1./s1. The Balaban J connectivity index is 0.00000220. The molecule has 7 heteroatoms. The molecular weight excluding hydrogens is 299 g/mol. The van der Waals surface area contributed by atoms with Crippen molar-refractivity contribution in [2.75, 3.05) is 0 Å². The summed E-state index contributed by atoms with van der Waals surface area (Å²) in [4.78, 5) is 10.3. The molecule has 0 radical (unpaired) electrons. The van der Waals surface area contributed by atoms with Crippen LogP contribution in [0.4, 0.5) is 10.1 Å². The van der Waals surface area contributed by atoms with Crippen LogP contribution in [-0.4, -0.2) is 16.1 Å². The van der Waals surface area contributed by atoms with Crippen molar-refractivity contribution in [2.45, 2.75) is 44.2 Å². The summed E-state index contributed by atoms with van der Waals surface area (Å²) in [5, 5.41) is 21.3. The van der Waals surface area contributed by atoms with Crippen LogP contribution >= 0.6 is 12.4 Å². The van der Waals surface area contributed by atoms with Crippen LogP contribution in [0.2, 0.25) is 0 Å². The van der Waals surface area contributed by atoms with Gasteiger partial charge in [0, 0.05) is 5.56 Å². The molecule has 5 nitrogen and oxygen atoms in total. The molecule has 0 aromatic heterocycles. The molecule has 1 aromatic carbocycles. The molecule has 0 amide bonds. The Hall–Kier alpha value is -1.24. The summed E-state index contributed by atoms with van der Waals surface area (Å²) in [5.74, 6) is -0.622. The maximum atomic E-state index is 13.1. The second kappa shape index (κ2) is 7.68. The molecule has 1 saturated carbocycles. The maximum Gasteiger partial charge on any atom is 0.277 e. The lowest BCUT2D eigenvalue weighted by Crippen LogP contribution is -2.34. The van der Waals surface area contributed by atoms with Crippen LogP contribution in [0.15, 0.2) is 18.2 Å². The highest BCUT2D eigenvalue weighted by Crippen LogP contribution is 2.34. The molecule has 2 atom stereocenters. The largest absolute Gasteiger partial charge is 0.391 e. The van der Waals surface area contributed by atoms with Gasteiger partial charge in [-0.25, -0.2) is 4.39 Å². The van der Waals surface area contributed by atoms with E-state index in [1.807, 2.05) is 0 Å². The van der Waals surface area contributed by atoms with E-state index in [1.54, 1.807) is 0 Å². The van der Waals surface area contributed by atoms with Crippen molar-refractivity contribution < 1.29 is 14.4 Å². The van der Waals surface area contributed by atoms with E-state index >= 15 is 0 Å². The predicted molar refractivity (Wildman–Crippen MR) is 79.8 cm³/mol. The summed E-state index contributed by atoms with van der Waals surface area (Å²) < 4.78 is 13.1. The smallest absolute Gasteiger partial charge is 0.277 e. The average molecular weight is 319 g/mol. The fourth-order valence-corrected chi connectivity index (χ4v) is 2.91. The number of hydrogen-bond donors (Lipinski definition) is 2. The number of hydrogen-bond acceptors (Lipinski definition) is 4. The van der Waals surface area contributed by atoms with Gasteiger partial charge in [0.2, 0.25) is 0 Å². The van der Waals surface area contributed by atoms with Crippen molar-refractivity contribution >= 4 is 18.1 Å². The van der Waals surface area contributed by atoms with Gasteiger partial charge in [0.1, 0.15) is 5.82 Å².